The number of fused-ring (bicyclic) bond motifs is 10. The van der Waals surface area contributed by atoms with Gasteiger partial charge in [-0.15, -0.1) is 11.3 Å². The Balaban J connectivity index is 1.28. The van der Waals surface area contributed by atoms with Gasteiger partial charge in [-0.3, -0.25) is 9.59 Å². The van der Waals surface area contributed by atoms with Crippen molar-refractivity contribution >= 4 is 86.8 Å². The minimum Gasteiger partial charge on any atom is -0.456 e. The lowest BCUT2D eigenvalue weighted by atomic mass is 10.0. The fourth-order valence-electron chi connectivity index (χ4n) is 7.78. The number of furan rings is 1. The van der Waals surface area contributed by atoms with Crippen LogP contribution in [0.5, 0.6) is 0 Å². The molecule has 7 aromatic carbocycles. The normalized spacial score (nSPS) is 12.0. The van der Waals surface area contributed by atoms with E-state index in [2.05, 4.69) is 53.1 Å². The third-order valence-electron chi connectivity index (χ3n) is 10.1. The van der Waals surface area contributed by atoms with Crippen LogP contribution in [0.15, 0.2) is 166 Å². The van der Waals surface area contributed by atoms with E-state index < -0.39 is 0 Å². The van der Waals surface area contributed by atoms with Gasteiger partial charge in [0.25, 0.3) is 11.1 Å². The lowest BCUT2D eigenvalue weighted by Crippen LogP contribution is -2.28. The Morgan fingerprint density at radius 1 is 0.462 bits per heavy atom. The minimum atomic E-state index is -0.384. The van der Waals surface area contributed by atoms with Gasteiger partial charge in [-0.25, -0.2) is 9.55 Å². The first kappa shape index (κ1) is 29.0. The highest BCUT2D eigenvalue weighted by molar-refractivity contribution is 7.21. The van der Waals surface area contributed by atoms with Crippen LogP contribution in [-0.2, 0) is 0 Å². The molecule has 244 valence electrons. The van der Waals surface area contributed by atoms with Crippen LogP contribution < -0.4 is 11.1 Å². The van der Waals surface area contributed by atoms with E-state index in [0.29, 0.717) is 32.8 Å². The van der Waals surface area contributed by atoms with Gasteiger partial charge in [-0.2, -0.15) is 0 Å². The molecule has 0 aliphatic rings. The molecule has 0 unspecified atom stereocenters. The van der Waals surface area contributed by atoms with Gasteiger partial charge in [0.05, 0.1) is 32.3 Å². The molecule has 11 aromatic rings. The molecule has 0 amide bonds. The Kier molecular flexibility index (Phi) is 6.03. The van der Waals surface area contributed by atoms with Gasteiger partial charge in [0.1, 0.15) is 16.2 Å². The molecule has 0 fully saturated rings. The Morgan fingerprint density at radius 3 is 2.02 bits per heavy atom. The molecule has 0 saturated heterocycles. The van der Waals surface area contributed by atoms with Crippen molar-refractivity contribution < 1.29 is 4.42 Å². The predicted molar refractivity (Wildman–Crippen MR) is 214 cm³/mol. The van der Waals surface area contributed by atoms with Crippen LogP contribution in [0.1, 0.15) is 0 Å². The van der Waals surface area contributed by atoms with E-state index in [1.165, 1.54) is 4.57 Å². The molecule has 0 saturated carbocycles. The van der Waals surface area contributed by atoms with Crippen LogP contribution in [0.4, 0.5) is 0 Å². The van der Waals surface area contributed by atoms with Crippen LogP contribution in [-0.4, -0.2) is 14.1 Å². The number of thiazole rings is 1. The fraction of sp³-hybridized carbons (Fsp3) is 0. The number of nitrogens with zero attached hydrogens (tertiary/aromatic N) is 3. The zero-order chi connectivity index (χ0) is 34.5. The third kappa shape index (κ3) is 4.14. The van der Waals surface area contributed by atoms with Crippen molar-refractivity contribution in [1.29, 1.82) is 0 Å². The van der Waals surface area contributed by atoms with E-state index >= 15 is 0 Å². The number of rotatable bonds is 3. The highest BCUT2D eigenvalue weighted by atomic mass is 32.1. The largest absolute Gasteiger partial charge is 0.456 e. The number of para-hydroxylation sites is 4. The molecule has 0 radical (unpaired) electrons. The zero-order valence-corrected chi connectivity index (χ0v) is 28.2. The standard InChI is InChI=1S/C45H25N3O3S/c49-44-35-23-34-30-16-5-8-19-40(30)51-41(34)25-32(35)31-22-33-29-15-4-7-18-38(29)47(39(33)24-36(31)45(50)48(44)27-12-2-1-3-13-27)28-14-10-11-26(21-28)43-46-37-17-6-9-20-42(37)52-43/h1-25H. The summed E-state index contributed by atoms with van der Waals surface area (Å²) in [5.41, 5.74) is 5.97. The molecular formula is C45H25N3O3S. The van der Waals surface area contributed by atoms with Gasteiger partial charge in [0.2, 0.25) is 0 Å². The van der Waals surface area contributed by atoms with E-state index in [-0.39, 0.29) is 11.1 Å². The first-order chi connectivity index (χ1) is 25.6. The number of benzene rings is 7. The monoisotopic (exact) mass is 687 g/mol. The third-order valence-corrected chi connectivity index (χ3v) is 11.2. The summed E-state index contributed by atoms with van der Waals surface area (Å²) >= 11 is 1.67. The van der Waals surface area contributed by atoms with E-state index in [0.717, 1.165) is 64.6 Å². The summed E-state index contributed by atoms with van der Waals surface area (Å²) in [6.45, 7) is 0. The second kappa shape index (κ2) is 10.8. The smallest absolute Gasteiger partial charge is 0.266 e. The Morgan fingerprint density at radius 2 is 1.15 bits per heavy atom. The van der Waals surface area contributed by atoms with Crippen LogP contribution in [0.3, 0.4) is 0 Å². The second-order valence-corrected chi connectivity index (χ2v) is 14.1. The second-order valence-electron chi connectivity index (χ2n) is 13.1. The summed E-state index contributed by atoms with van der Waals surface area (Å²) in [5.74, 6) is 0. The minimum absolute atomic E-state index is 0.379. The summed E-state index contributed by atoms with van der Waals surface area (Å²) in [6, 6.07) is 49.7. The van der Waals surface area contributed by atoms with Crippen molar-refractivity contribution in [3.63, 3.8) is 0 Å². The maximum atomic E-state index is 14.9. The summed E-state index contributed by atoms with van der Waals surface area (Å²) in [6.07, 6.45) is 0. The Hall–Kier alpha value is -6.83. The molecule has 4 aromatic heterocycles. The van der Waals surface area contributed by atoms with Crippen LogP contribution in [0, 0.1) is 0 Å². The number of aromatic nitrogens is 3. The first-order valence-electron chi connectivity index (χ1n) is 17.0. The molecule has 7 heteroatoms. The molecule has 0 spiro atoms. The van der Waals surface area contributed by atoms with E-state index in [4.69, 9.17) is 9.40 Å². The first-order valence-corrected chi connectivity index (χ1v) is 17.9. The molecule has 0 N–H and O–H groups in total. The average Bonchev–Trinajstić information content (AvgIpc) is 3.87. The van der Waals surface area contributed by atoms with Crippen molar-refractivity contribution in [2.24, 2.45) is 0 Å². The number of hydrogen-bond acceptors (Lipinski definition) is 5. The summed E-state index contributed by atoms with van der Waals surface area (Å²) in [4.78, 5) is 34.4. The summed E-state index contributed by atoms with van der Waals surface area (Å²) in [7, 11) is 0. The molecule has 0 atom stereocenters. The predicted octanol–water partition coefficient (Wildman–Crippen LogP) is 10.8. The van der Waals surface area contributed by atoms with E-state index in [1.807, 2.05) is 91.0 Å². The molecule has 0 aliphatic carbocycles. The van der Waals surface area contributed by atoms with Crippen molar-refractivity contribution in [3.8, 4) is 21.9 Å². The topological polar surface area (TPSA) is 70.0 Å². The van der Waals surface area contributed by atoms with Crippen LogP contribution in [0.25, 0.3) is 97.5 Å². The van der Waals surface area contributed by atoms with Gasteiger partial charge < -0.3 is 8.98 Å². The SMILES string of the molecule is O=c1c2cc3c(cc2c2cc4c5ccccc5n(-c5cccc(-c6nc7ccccc7s6)c5)c4cc2c(=O)n1-c1ccccc1)oc1ccccc13. The fourth-order valence-corrected chi connectivity index (χ4v) is 8.74. The number of hydrogen-bond donors (Lipinski definition) is 0. The van der Waals surface area contributed by atoms with E-state index in [1.54, 1.807) is 23.5 Å². The lowest BCUT2D eigenvalue weighted by molar-refractivity contribution is 0.669. The van der Waals surface area contributed by atoms with Crippen molar-refractivity contribution in [3.05, 3.63) is 172 Å². The van der Waals surface area contributed by atoms with E-state index in [9.17, 15) is 9.59 Å². The molecule has 6 nitrogen and oxygen atoms in total. The van der Waals surface area contributed by atoms with Gasteiger partial charge in [0.15, 0.2) is 0 Å². The molecule has 52 heavy (non-hydrogen) atoms. The molecule has 11 rings (SSSR count). The highest BCUT2D eigenvalue weighted by Gasteiger charge is 2.20. The molecule has 0 bridgehead atoms. The van der Waals surface area contributed by atoms with Gasteiger partial charge in [-0.05, 0) is 83.6 Å². The quantitative estimate of drug-likeness (QED) is 0.185. The Labute approximate surface area is 298 Å². The van der Waals surface area contributed by atoms with Gasteiger partial charge in [-0.1, -0.05) is 78.9 Å². The van der Waals surface area contributed by atoms with Gasteiger partial charge >= 0.3 is 0 Å². The van der Waals surface area contributed by atoms with Gasteiger partial charge in [0, 0.05) is 38.2 Å². The lowest BCUT2D eigenvalue weighted by Gasteiger charge is -2.10. The molecule has 0 aliphatic heterocycles. The van der Waals surface area contributed by atoms with Crippen molar-refractivity contribution in [2.75, 3.05) is 0 Å². The van der Waals surface area contributed by atoms with Crippen molar-refractivity contribution in [2.45, 2.75) is 0 Å². The zero-order valence-electron chi connectivity index (χ0n) is 27.4. The summed E-state index contributed by atoms with van der Waals surface area (Å²) < 4.78 is 11.0. The van der Waals surface area contributed by atoms with Crippen LogP contribution >= 0.6 is 11.3 Å². The molecular weight excluding hydrogens is 663 g/mol. The highest BCUT2D eigenvalue weighted by Crippen LogP contribution is 2.39. The maximum Gasteiger partial charge on any atom is 0.266 e. The summed E-state index contributed by atoms with van der Waals surface area (Å²) in [5, 5.41) is 6.94. The average molecular weight is 688 g/mol. The van der Waals surface area contributed by atoms with Crippen molar-refractivity contribution in [1.82, 2.24) is 14.1 Å². The maximum absolute atomic E-state index is 14.9. The van der Waals surface area contributed by atoms with Crippen LogP contribution in [0.2, 0.25) is 0 Å². The molecule has 4 heterocycles. The Bertz CT molecular complexity index is 3380.